The Bertz CT molecular complexity index is 743. The Labute approximate surface area is 223 Å². The van der Waals surface area contributed by atoms with E-state index in [1.807, 2.05) is 0 Å². The number of aliphatic hydroxyl groups excluding tert-OH is 2. The lowest BCUT2D eigenvalue weighted by Crippen LogP contribution is -2.29. The Balaban J connectivity index is 0.000000591. The van der Waals surface area contributed by atoms with Crippen LogP contribution in [0.2, 0.25) is 0 Å². The molecule has 0 aromatic heterocycles. The van der Waals surface area contributed by atoms with Gasteiger partial charge in [0.1, 0.15) is 0 Å². The summed E-state index contributed by atoms with van der Waals surface area (Å²) in [6.07, 6.45) is 10.6. The third kappa shape index (κ3) is 15.9. The molecule has 0 fully saturated rings. The molecule has 2 aromatic carbocycles. The maximum atomic E-state index is 10.2. The van der Waals surface area contributed by atoms with Crippen LogP contribution in [0, 0.1) is 17.8 Å². The van der Waals surface area contributed by atoms with Crippen LogP contribution in [-0.4, -0.2) is 45.6 Å². The number of hydrogen-bond acceptors (Lipinski definition) is 4. The third-order valence-electron chi connectivity index (χ3n) is 6.47. The lowest BCUT2D eigenvalue weighted by Gasteiger charge is -2.32. The second-order valence-corrected chi connectivity index (χ2v) is 9.32. The lowest BCUT2D eigenvalue weighted by molar-refractivity contribution is 0.0686. The molecule has 2 atom stereocenters. The van der Waals surface area contributed by atoms with Gasteiger partial charge >= 0.3 is 11.9 Å². The van der Waals surface area contributed by atoms with Gasteiger partial charge in [0.05, 0.1) is 11.1 Å². The van der Waals surface area contributed by atoms with Gasteiger partial charge in [-0.25, -0.2) is 9.59 Å². The number of carbonyl (C=O) groups is 2. The van der Waals surface area contributed by atoms with E-state index in [1.165, 1.54) is 44.9 Å². The van der Waals surface area contributed by atoms with E-state index in [2.05, 4.69) is 20.8 Å². The van der Waals surface area contributed by atoms with Gasteiger partial charge in [-0.3, -0.25) is 0 Å². The molecule has 6 heteroatoms. The first-order valence-corrected chi connectivity index (χ1v) is 13.6. The average Bonchev–Trinajstić information content (AvgIpc) is 2.93. The third-order valence-corrected chi connectivity index (χ3v) is 6.47. The molecule has 37 heavy (non-hydrogen) atoms. The zero-order valence-corrected chi connectivity index (χ0v) is 22.9. The highest BCUT2D eigenvalue weighted by Crippen LogP contribution is 2.33. The Morgan fingerprint density at radius 3 is 1.16 bits per heavy atom. The van der Waals surface area contributed by atoms with Crippen molar-refractivity contribution < 1.29 is 30.0 Å². The second kappa shape index (κ2) is 22.5. The van der Waals surface area contributed by atoms with E-state index in [0.717, 1.165) is 12.8 Å². The first kappa shape index (κ1) is 34.3. The fourth-order valence-corrected chi connectivity index (χ4v) is 4.27. The summed E-state index contributed by atoms with van der Waals surface area (Å²) in [5, 5.41) is 36.2. The summed E-state index contributed by atoms with van der Waals surface area (Å²) in [4.78, 5) is 20.4. The topological polar surface area (TPSA) is 115 Å². The number of hydrogen-bond donors (Lipinski definition) is 4. The van der Waals surface area contributed by atoms with Crippen molar-refractivity contribution in [3.63, 3.8) is 0 Å². The molecule has 0 radical (unpaired) electrons. The molecule has 0 amide bonds. The molecule has 2 aromatic rings. The second-order valence-electron chi connectivity index (χ2n) is 9.32. The van der Waals surface area contributed by atoms with E-state index in [-0.39, 0.29) is 13.2 Å². The fraction of sp³-hybridized carbons (Fsp3) is 0.548. The molecule has 4 N–H and O–H groups in total. The van der Waals surface area contributed by atoms with E-state index >= 15 is 0 Å². The fourth-order valence-electron chi connectivity index (χ4n) is 4.27. The van der Waals surface area contributed by atoms with Gasteiger partial charge in [0.25, 0.3) is 0 Å². The minimum atomic E-state index is -0.879. The molecule has 0 bridgehead atoms. The van der Waals surface area contributed by atoms with Gasteiger partial charge in [0.2, 0.25) is 0 Å². The summed E-state index contributed by atoms with van der Waals surface area (Å²) in [5.74, 6) is -0.472. The first-order chi connectivity index (χ1) is 17.9. The standard InChI is InChI=1S/C17H36O2.2C7H6O2/c1-4-7-10-15(13-18)17(12-9-6-3)16(14-19)11-8-5-2;2*8-7(9)6-4-2-1-3-5-6/h15-19H,4-14H2,1-3H3;2*1-5H,(H,8,9). The molecule has 0 aliphatic carbocycles. The summed E-state index contributed by atoms with van der Waals surface area (Å²) in [6, 6.07) is 16.6. The zero-order valence-electron chi connectivity index (χ0n) is 22.9. The van der Waals surface area contributed by atoms with Crippen LogP contribution in [0.15, 0.2) is 60.7 Å². The Kier molecular flexibility index (Phi) is 20.9. The van der Waals surface area contributed by atoms with Crippen molar-refractivity contribution in [3.05, 3.63) is 71.8 Å². The molecule has 0 aliphatic rings. The van der Waals surface area contributed by atoms with Crippen molar-refractivity contribution in [2.45, 2.75) is 78.6 Å². The van der Waals surface area contributed by atoms with Gasteiger partial charge in [0, 0.05) is 13.2 Å². The summed E-state index contributed by atoms with van der Waals surface area (Å²) >= 11 is 0. The van der Waals surface area contributed by atoms with E-state index in [0.29, 0.717) is 28.9 Å². The zero-order chi connectivity index (χ0) is 27.9. The van der Waals surface area contributed by atoms with Crippen LogP contribution in [-0.2, 0) is 0 Å². The summed E-state index contributed by atoms with van der Waals surface area (Å²) in [7, 11) is 0. The van der Waals surface area contributed by atoms with Gasteiger partial charge in [-0.1, -0.05) is 95.7 Å². The predicted molar refractivity (Wildman–Crippen MR) is 150 cm³/mol. The number of aromatic carboxylic acids is 2. The molecule has 2 unspecified atom stereocenters. The van der Waals surface area contributed by atoms with Crippen molar-refractivity contribution in [1.29, 1.82) is 0 Å². The lowest BCUT2D eigenvalue weighted by atomic mass is 9.75. The van der Waals surface area contributed by atoms with Crippen LogP contribution < -0.4 is 0 Å². The molecule has 0 saturated heterocycles. The van der Waals surface area contributed by atoms with Crippen LogP contribution in [0.1, 0.15) is 99.3 Å². The summed E-state index contributed by atoms with van der Waals surface area (Å²) in [6.45, 7) is 7.21. The number of rotatable bonds is 15. The van der Waals surface area contributed by atoms with Gasteiger partial charge in [-0.05, 0) is 61.3 Å². The van der Waals surface area contributed by atoms with Crippen LogP contribution >= 0.6 is 0 Å². The van der Waals surface area contributed by atoms with Crippen molar-refractivity contribution in [2.75, 3.05) is 13.2 Å². The Morgan fingerprint density at radius 1 is 0.595 bits per heavy atom. The molecule has 2 rings (SSSR count). The smallest absolute Gasteiger partial charge is 0.335 e. The minimum Gasteiger partial charge on any atom is -0.478 e. The van der Waals surface area contributed by atoms with Crippen LogP contribution in [0.5, 0.6) is 0 Å². The largest absolute Gasteiger partial charge is 0.478 e. The summed E-state index contributed by atoms with van der Waals surface area (Å²) in [5.41, 5.74) is 0.662. The molecule has 0 heterocycles. The Morgan fingerprint density at radius 2 is 0.919 bits per heavy atom. The van der Waals surface area contributed by atoms with Crippen molar-refractivity contribution in [3.8, 4) is 0 Å². The average molecular weight is 517 g/mol. The summed E-state index contributed by atoms with van der Waals surface area (Å²) < 4.78 is 0. The highest BCUT2D eigenvalue weighted by molar-refractivity contribution is 5.87. The van der Waals surface area contributed by atoms with Gasteiger partial charge in [-0.15, -0.1) is 0 Å². The van der Waals surface area contributed by atoms with E-state index in [4.69, 9.17) is 10.2 Å². The monoisotopic (exact) mass is 516 g/mol. The van der Waals surface area contributed by atoms with Crippen LogP contribution in [0.3, 0.4) is 0 Å². The highest BCUT2D eigenvalue weighted by atomic mass is 16.4. The maximum Gasteiger partial charge on any atom is 0.335 e. The number of unbranched alkanes of at least 4 members (excludes halogenated alkanes) is 3. The number of carboxylic acids is 2. The molecule has 0 spiro atoms. The number of carboxylic acid groups (broad SMARTS) is 2. The number of benzene rings is 2. The van der Waals surface area contributed by atoms with Crippen molar-refractivity contribution >= 4 is 11.9 Å². The first-order valence-electron chi connectivity index (χ1n) is 13.6. The van der Waals surface area contributed by atoms with Gasteiger partial charge < -0.3 is 20.4 Å². The predicted octanol–water partition coefficient (Wildman–Crippen LogP) is 7.16. The molecular weight excluding hydrogens is 468 g/mol. The molecule has 0 aliphatic heterocycles. The van der Waals surface area contributed by atoms with Crippen LogP contribution in [0.4, 0.5) is 0 Å². The van der Waals surface area contributed by atoms with E-state index in [1.54, 1.807) is 60.7 Å². The van der Waals surface area contributed by atoms with E-state index < -0.39 is 11.9 Å². The quantitative estimate of drug-likeness (QED) is 0.200. The van der Waals surface area contributed by atoms with Gasteiger partial charge in [0.15, 0.2) is 0 Å². The van der Waals surface area contributed by atoms with Gasteiger partial charge in [-0.2, -0.15) is 0 Å². The Hall–Kier alpha value is -2.70. The van der Waals surface area contributed by atoms with E-state index in [9.17, 15) is 19.8 Å². The van der Waals surface area contributed by atoms with Crippen molar-refractivity contribution in [2.24, 2.45) is 17.8 Å². The maximum absolute atomic E-state index is 10.2. The SMILES string of the molecule is CCCCC(CO)C(CCCC)C(CO)CCCC.O=C(O)c1ccccc1.O=C(O)c1ccccc1. The normalized spacial score (nSPS) is 12.7. The number of aliphatic hydroxyl groups is 2. The molecule has 6 nitrogen and oxygen atoms in total. The van der Waals surface area contributed by atoms with Crippen LogP contribution in [0.25, 0.3) is 0 Å². The molecule has 0 saturated carbocycles. The highest BCUT2D eigenvalue weighted by Gasteiger charge is 2.27. The van der Waals surface area contributed by atoms with Crippen molar-refractivity contribution in [1.82, 2.24) is 0 Å². The molecule has 208 valence electrons. The molecular formula is C31H48O6. The minimum absolute atomic E-state index is 0.289.